The van der Waals surface area contributed by atoms with E-state index in [0.717, 1.165) is 16.7 Å². The monoisotopic (exact) mass is 1570 g/mol. The second-order valence-electron chi connectivity index (χ2n) is 28.1. The van der Waals surface area contributed by atoms with Crippen molar-refractivity contribution < 1.29 is 35.1 Å². The molecule has 119 heavy (non-hydrogen) atoms. The molecule has 22 heteroatoms. The van der Waals surface area contributed by atoms with Gasteiger partial charge in [-0.1, -0.05) is 291 Å². The standard InChI is InChI=1S/C97H54F8N14/c98-79-77(80(99)82(101)83(102)81(79)100)71-49-50-72(118-73-51-63(93-110-85(55-25-9-1-10-26-55)106-86(111-93)56-27-11-2-12-28-56)41-45-67(73)68-46-42-64(52-74(68)118)94-112-87(57-29-13-3-14-30-57)107-88(113-94)58-31-15-4-16-32-58)78(97(103,104)105)84(71)119-75-53-65(95-114-89(59-33-17-5-18-34-59)108-90(115-95)60-35-19-6-20-36-60)43-47-69(75)70-48-44-66(54-76(70)119)96-116-91(61-37-21-7-22-38-61)109-92(117-96)62-39-23-8-24-40-62/h1-54H. The highest BCUT2D eigenvalue weighted by Crippen LogP contribution is 2.51. The molecule has 14 nitrogen and oxygen atoms in total. The van der Waals surface area contributed by atoms with Gasteiger partial charge >= 0.3 is 6.18 Å². The molecule has 20 rings (SSSR count). The number of benzene rings is 14. The van der Waals surface area contributed by atoms with Gasteiger partial charge in [-0.3, -0.25) is 0 Å². The van der Waals surface area contributed by atoms with Crippen molar-refractivity contribution in [3.05, 3.63) is 362 Å². The average Bonchev–Trinajstić information content (AvgIpc) is 1.68. The van der Waals surface area contributed by atoms with E-state index in [1.165, 1.54) is 16.7 Å². The van der Waals surface area contributed by atoms with Crippen LogP contribution in [-0.2, 0) is 6.18 Å². The summed E-state index contributed by atoms with van der Waals surface area (Å²) in [4.78, 5) is 59.9. The van der Waals surface area contributed by atoms with Crippen molar-refractivity contribution in [1.82, 2.24) is 68.9 Å². The van der Waals surface area contributed by atoms with Crippen molar-refractivity contribution in [3.8, 4) is 159 Å². The van der Waals surface area contributed by atoms with E-state index in [9.17, 15) is 0 Å². The van der Waals surface area contributed by atoms with Crippen LogP contribution in [0.5, 0.6) is 0 Å². The molecule has 0 unspecified atom stereocenters. The molecule has 0 bridgehead atoms. The third-order valence-corrected chi connectivity index (χ3v) is 20.7. The maximum absolute atomic E-state index is 18.7. The largest absolute Gasteiger partial charge is 0.420 e. The summed E-state index contributed by atoms with van der Waals surface area (Å²) < 4.78 is 143. The Hall–Kier alpha value is -15.8. The summed E-state index contributed by atoms with van der Waals surface area (Å²) in [5, 5.41) is 1.27. The number of alkyl halides is 3. The van der Waals surface area contributed by atoms with Gasteiger partial charge in [-0.15, -0.1) is 0 Å². The fraction of sp³-hybridized carbons (Fsp3) is 0.0103. The third-order valence-electron chi connectivity index (χ3n) is 20.7. The number of halogens is 8. The summed E-state index contributed by atoms with van der Waals surface area (Å²) in [6.45, 7) is 0. The number of hydrogen-bond acceptors (Lipinski definition) is 12. The van der Waals surface area contributed by atoms with Gasteiger partial charge in [-0.2, -0.15) is 13.2 Å². The molecule has 0 fully saturated rings. The first-order valence-electron chi connectivity index (χ1n) is 37.6. The number of nitrogens with zero attached hydrogens (tertiary/aromatic N) is 14. The SMILES string of the molecule is Fc1c(F)c(F)c(-c2ccc(-n3c4cc(-c5nc(-c6ccccc6)nc(-c6ccccc6)n5)ccc4c4ccc(-c5nc(-c6ccccc6)nc(-c6ccccc6)n5)cc43)c(C(F)(F)F)c2-n2c3cc(-c4nc(-c5ccccc5)nc(-c5ccccc5)n4)ccc3c3ccc(-c4nc(-c5ccccc5)nc(-c5ccccc5)n4)cc32)c(F)c1F. The molecule has 14 aromatic carbocycles. The van der Waals surface area contributed by atoms with Crippen molar-refractivity contribution in [2.75, 3.05) is 0 Å². The van der Waals surface area contributed by atoms with Crippen LogP contribution < -0.4 is 0 Å². The minimum Gasteiger partial charge on any atom is -0.309 e. The van der Waals surface area contributed by atoms with E-state index >= 15 is 35.1 Å². The van der Waals surface area contributed by atoms with Gasteiger partial charge in [0.25, 0.3) is 0 Å². The van der Waals surface area contributed by atoms with Crippen LogP contribution in [0.4, 0.5) is 35.1 Å². The molecular weight excluding hydrogens is 1510 g/mol. The quantitative estimate of drug-likeness (QED) is 0.0543. The zero-order valence-corrected chi connectivity index (χ0v) is 62.0. The Morgan fingerprint density at radius 3 is 0.622 bits per heavy atom. The fourth-order valence-corrected chi connectivity index (χ4v) is 15.2. The van der Waals surface area contributed by atoms with Crippen molar-refractivity contribution in [3.63, 3.8) is 0 Å². The van der Waals surface area contributed by atoms with Gasteiger partial charge in [-0.25, -0.2) is 81.8 Å². The second-order valence-corrected chi connectivity index (χ2v) is 28.1. The molecular formula is C97H54F8N14. The molecule has 6 aromatic heterocycles. The van der Waals surface area contributed by atoms with Gasteiger partial charge in [-0.05, 0) is 36.4 Å². The lowest BCUT2D eigenvalue weighted by atomic mass is 9.95. The maximum atomic E-state index is 18.7. The average molecular weight is 1570 g/mol. The van der Waals surface area contributed by atoms with E-state index in [4.69, 9.17) is 59.8 Å². The first kappa shape index (κ1) is 72.1. The first-order chi connectivity index (χ1) is 58.2. The smallest absolute Gasteiger partial charge is 0.309 e. The molecule has 0 aliphatic heterocycles. The van der Waals surface area contributed by atoms with Crippen LogP contribution in [0, 0.1) is 29.1 Å². The van der Waals surface area contributed by atoms with Crippen LogP contribution in [0.25, 0.3) is 203 Å². The van der Waals surface area contributed by atoms with Gasteiger partial charge in [0.1, 0.15) is 5.56 Å². The molecule has 0 saturated carbocycles. The fourth-order valence-electron chi connectivity index (χ4n) is 15.2. The molecule has 6 heterocycles. The zero-order valence-electron chi connectivity index (χ0n) is 62.0. The number of aromatic nitrogens is 14. The lowest BCUT2D eigenvalue weighted by Gasteiger charge is -2.25. The van der Waals surface area contributed by atoms with Crippen molar-refractivity contribution >= 4 is 43.6 Å². The minimum atomic E-state index is -5.68. The van der Waals surface area contributed by atoms with Crippen LogP contribution in [0.15, 0.2) is 328 Å². The van der Waals surface area contributed by atoms with E-state index in [1.54, 1.807) is 60.7 Å². The Balaban J connectivity index is 0.930. The Kier molecular flexibility index (Phi) is 17.9. The summed E-state index contributed by atoms with van der Waals surface area (Å²) in [7, 11) is 0. The number of hydrogen-bond donors (Lipinski definition) is 0. The highest BCUT2D eigenvalue weighted by Gasteiger charge is 2.42. The van der Waals surface area contributed by atoms with E-state index in [2.05, 4.69) is 0 Å². The Morgan fingerprint density at radius 2 is 0.403 bits per heavy atom. The molecule has 0 aliphatic carbocycles. The predicted molar refractivity (Wildman–Crippen MR) is 444 cm³/mol. The summed E-state index contributed by atoms with van der Waals surface area (Å²) in [6.07, 6.45) is -5.68. The minimum absolute atomic E-state index is 0.0424. The third kappa shape index (κ3) is 13.2. The van der Waals surface area contributed by atoms with E-state index in [1.807, 2.05) is 243 Å². The molecule has 0 atom stereocenters. The first-order valence-corrected chi connectivity index (χ1v) is 37.6. The highest BCUT2D eigenvalue weighted by atomic mass is 19.4. The van der Waals surface area contributed by atoms with Crippen molar-refractivity contribution in [2.45, 2.75) is 6.18 Å². The van der Waals surface area contributed by atoms with Crippen LogP contribution in [0.2, 0.25) is 0 Å². The second kappa shape index (κ2) is 29.5. The molecule has 0 amide bonds. The molecule has 568 valence electrons. The molecule has 0 N–H and O–H groups in total. The summed E-state index contributed by atoms with van der Waals surface area (Å²) in [5.41, 5.74) is -0.196. The van der Waals surface area contributed by atoms with Crippen LogP contribution in [0.3, 0.4) is 0 Å². The molecule has 0 aliphatic rings. The predicted octanol–water partition coefficient (Wildman–Crippen LogP) is 24.0. The topological polar surface area (TPSA) is 165 Å². The zero-order chi connectivity index (χ0) is 80.6. The van der Waals surface area contributed by atoms with Crippen molar-refractivity contribution in [1.29, 1.82) is 0 Å². The van der Waals surface area contributed by atoms with Crippen LogP contribution in [-0.4, -0.2) is 68.9 Å². The Labute approximate surface area is 671 Å². The lowest BCUT2D eigenvalue weighted by molar-refractivity contribution is -0.137. The highest BCUT2D eigenvalue weighted by molar-refractivity contribution is 6.14. The normalized spacial score (nSPS) is 11.7. The van der Waals surface area contributed by atoms with Crippen LogP contribution in [0.1, 0.15) is 5.56 Å². The molecule has 0 radical (unpaired) electrons. The van der Waals surface area contributed by atoms with E-state index < -0.39 is 63.3 Å². The summed E-state index contributed by atoms with van der Waals surface area (Å²) in [6, 6.07) is 94.8. The summed E-state index contributed by atoms with van der Waals surface area (Å²) >= 11 is 0. The van der Waals surface area contributed by atoms with Gasteiger partial charge in [0.05, 0.1) is 39.0 Å². The van der Waals surface area contributed by atoms with E-state index in [0.29, 0.717) is 66.4 Å². The molecule has 20 aromatic rings. The number of fused-ring (bicyclic) bond motifs is 6. The van der Waals surface area contributed by atoms with Crippen LogP contribution >= 0.6 is 0 Å². The maximum Gasteiger partial charge on any atom is 0.420 e. The Morgan fingerprint density at radius 1 is 0.202 bits per heavy atom. The van der Waals surface area contributed by atoms with Gasteiger partial charge in [0.15, 0.2) is 93.2 Å². The lowest BCUT2D eigenvalue weighted by Crippen LogP contribution is -2.18. The molecule has 0 spiro atoms. The van der Waals surface area contributed by atoms with Gasteiger partial charge < -0.3 is 9.13 Å². The summed E-state index contributed by atoms with van der Waals surface area (Å²) in [5.74, 6) is -9.85. The van der Waals surface area contributed by atoms with Gasteiger partial charge in [0, 0.05) is 93.9 Å². The van der Waals surface area contributed by atoms with Crippen molar-refractivity contribution in [2.24, 2.45) is 0 Å². The van der Waals surface area contributed by atoms with E-state index in [-0.39, 0.29) is 114 Å². The molecule has 0 saturated heterocycles. The number of rotatable bonds is 15. The van der Waals surface area contributed by atoms with Gasteiger partial charge in [0.2, 0.25) is 5.82 Å². The Bertz CT molecular complexity index is 6750.